The fourth-order valence-corrected chi connectivity index (χ4v) is 4.43. The standard InChI is InChI=1S/C20H21N5OS/c1-13-7-6-8-14(2)19(13)25-20(21-22-23-25)27-12-18(26)24-15(3)11-16-9-4-5-10-17(16)24/h4-10,15H,11-12H2,1-3H3/t15-/m1/s1. The molecule has 1 aliphatic heterocycles. The summed E-state index contributed by atoms with van der Waals surface area (Å²) >= 11 is 1.37. The lowest BCUT2D eigenvalue weighted by atomic mass is 10.1. The van der Waals surface area contributed by atoms with Crippen LogP contribution in [-0.4, -0.2) is 37.9 Å². The van der Waals surface area contributed by atoms with E-state index in [1.165, 1.54) is 17.3 Å². The van der Waals surface area contributed by atoms with Crippen LogP contribution in [0.4, 0.5) is 5.69 Å². The second-order valence-electron chi connectivity index (χ2n) is 6.85. The van der Waals surface area contributed by atoms with E-state index in [2.05, 4.69) is 28.5 Å². The SMILES string of the molecule is Cc1cccc(C)c1-n1nnnc1SCC(=O)N1c2ccccc2C[C@H]1C. The number of carbonyl (C=O) groups is 1. The van der Waals surface area contributed by atoms with Crippen LogP contribution in [0.15, 0.2) is 47.6 Å². The molecule has 2 heterocycles. The van der Waals surface area contributed by atoms with Gasteiger partial charge in [-0.3, -0.25) is 4.79 Å². The molecule has 1 amide bonds. The van der Waals surface area contributed by atoms with Gasteiger partial charge in [-0.05, 0) is 60.4 Å². The molecule has 27 heavy (non-hydrogen) atoms. The Morgan fingerprint density at radius 3 is 2.67 bits per heavy atom. The molecule has 0 aliphatic carbocycles. The number of carbonyl (C=O) groups excluding carboxylic acids is 1. The molecule has 0 bridgehead atoms. The van der Waals surface area contributed by atoms with Crippen molar-refractivity contribution in [2.75, 3.05) is 10.7 Å². The maximum absolute atomic E-state index is 12.9. The molecule has 2 aromatic carbocycles. The largest absolute Gasteiger partial charge is 0.308 e. The van der Waals surface area contributed by atoms with E-state index in [1.807, 2.05) is 55.1 Å². The summed E-state index contributed by atoms with van der Waals surface area (Å²) in [7, 11) is 0. The number of aromatic nitrogens is 4. The average molecular weight is 379 g/mol. The zero-order valence-electron chi connectivity index (χ0n) is 15.6. The van der Waals surface area contributed by atoms with Gasteiger partial charge in [0.1, 0.15) is 0 Å². The summed E-state index contributed by atoms with van der Waals surface area (Å²) in [5.41, 5.74) is 5.40. The van der Waals surface area contributed by atoms with Crippen LogP contribution in [0, 0.1) is 13.8 Å². The Balaban J connectivity index is 1.54. The molecule has 1 aliphatic rings. The summed E-state index contributed by atoms with van der Waals surface area (Å²) in [6.45, 7) is 6.15. The molecule has 4 rings (SSSR count). The molecule has 0 radical (unpaired) electrons. The van der Waals surface area contributed by atoms with Gasteiger partial charge in [0.15, 0.2) is 0 Å². The first-order valence-electron chi connectivity index (χ1n) is 8.94. The Hall–Kier alpha value is -2.67. The molecule has 0 fully saturated rings. The molecule has 138 valence electrons. The number of nitrogens with zero attached hydrogens (tertiary/aromatic N) is 5. The van der Waals surface area contributed by atoms with Crippen LogP contribution in [-0.2, 0) is 11.2 Å². The van der Waals surface area contributed by atoms with Gasteiger partial charge >= 0.3 is 0 Å². The molecular formula is C20H21N5OS. The zero-order chi connectivity index (χ0) is 19.0. The highest BCUT2D eigenvalue weighted by Gasteiger charge is 2.30. The number of aryl methyl sites for hydroxylation is 2. The molecule has 1 aromatic heterocycles. The van der Waals surface area contributed by atoms with Gasteiger partial charge in [-0.2, -0.15) is 4.68 Å². The molecular weight excluding hydrogens is 358 g/mol. The Bertz CT molecular complexity index is 979. The Labute approximate surface area is 162 Å². The lowest BCUT2D eigenvalue weighted by Crippen LogP contribution is -2.37. The van der Waals surface area contributed by atoms with Crippen molar-refractivity contribution in [1.29, 1.82) is 0 Å². The summed E-state index contributed by atoms with van der Waals surface area (Å²) in [5, 5.41) is 12.7. The van der Waals surface area contributed by atoms with E-state index in [9.17, 15) is 4.79 Å². The topological polar surface area (TPSA) is 63.9 Å². The fraction of sp³-hybridized carbons (Fsp3) is 0.300. The van der Waals surface area contributed by atoms with E-state index in [4.69, 9.17) is 0 Å². The van der Waals surface area contributed by atoms with E-state index < -0.39 is 0 Å². The van der Waals surface area contributed by atoms with Crippen LogP contribution < -0.4 is 4.90 Å². The van der Waals surface area contributed by atoms with Crippen molar-refractivity contribution in [3.63, 3.8) is 0 Å². The highest BCUT2D eigenvalue weighted by atomic mass is 32.2. The fourth-order valence-electron chi connectivity index (χ4n) is 3.69. The zero-order valence-corrected chi connectivity index (χ0v) is 16.4. The maximum Gasteiger partial charge on any atom is 0.237 e. The van der Waals surface area contributed by atoms with Crippen molar-refractivity contribution in [2.45, 2.75) is 38.4 Å². The maximum atomic E-state index is 12.9. The number of benzene rings is 2. The van der Waals surface area contributed by atoms with Crippen LogP contribution in [0.2, 0.25) is 0 Å². The van der Waals surface area contributed by atoms with Gasteiger partial charge in [0, 0.05) is 11.7 Å². The minimum Gasteiger partial charge on any atom is -0.308 e. The van der Waals surface area contributed by atoms with E-state index in [0.29, 0.717) is 10.9 Å². The highest BCUT2D eigenvalue weighted by molar-refractivity contribution is 7.99. The normalized spacial score (nSPS) is 15.8. The first-order chi connectivity index (χ1) is 13.1. The van der Waals surface area contributed by atoms with Crippen LogP contribution in [0.25, 0.3) is 5.69 Å². The van der Waals surface area contributed by atoms with E-state index in [1.54, 1.807) is 4.68 Å². The molecule has 1 atom stereocenters. The third-order valence-corrected chi connectivity index (χ3v) is 5.80. The number of amides is 1. The quantitative estimate of drug-likeness (QED) is 0.651. The van der Waals surface area contributed by atoms with Crippen LogP contribution >= 0.6 is 11.8 Å². The average Bonchev–Trinajstić information content (AvgIpc) is 3.23. The summed E-state index contributed by atoms with van der Waals surface area (Å²) < 4.78 is 1.73. The molecule has 0 saturated carbocycles. The van der Waals surface area contributed by atoms with E-state index in [-0.39, 0.29) is 11.9 Å². The molecule has 0 saturated heterocycles. The second kappa shape index (κ2) is 7.15. The molecule has 0 unspecified atom stereocenters. The van der Waals surface area contributed by atoms with Crippen molar-refractivity contribution >= 4 is 23.4 Å². The number of tetrazole rings is 1. The van der Waals surface area contributed by atoms with Gasteiger partial charge in [0.25, 0.3) is 0 Å². The highest BCUT2D eigenvalue weighted by Crippen LogP contribution is 2.33. The number of thioether (sulfide) groups is 1. The molecule has 0 N–H and O–H groups in total. The van der Waals surface area contributed by atoms with Gasteiger partial charge in [-0.15, -0.1) is 5.10 Å². The third-order valence-electron chi connectivity index (χ3n) is 4.89. The number of fused-ring (bicyclic) bond motifs is 1. The minimum atomic E-state index is 0.0773. The Morgan fingerprint density at radius 1 is 1.15 bits per heavy atom. The predicted molar refractivity (Wildman–Crippen MR) is 106 cm³/mol. The van der Waals surface area contributed by atoms with Crippen LogP contribution in [0.3, 0.4) is 0 Å². The Morgan fingerprint density at radius 2 is 1.89 bits per heavy atom. The molecule has 6 nitrogen and oxygen atoms in total. The van der Waals surface area contributed by atoms with Crippen LogP contribution in [0.5, 0.6) is 0 Å². The third kappa shape index (κ3) is 3.23. The summed E-state index contributed by atoms with van der Waals surface area (Å²) in [6.07, 6.45) is 0.896. The van der Waals surface area contributed by atoms with Gasteiger partial charge in [-0.1, -0.05) is 48.2 Å². The Kier molecular flexibility index (Phi) is 4.70. The lowest BCUT2D eigenvalue weighted by Gasteiger charge is -2.22. The number of hydrogen-bond donors (Lipinski definition) is 0. The summed E-state index contributed by atoms with van der Waals surface area (Å²) in [6, 6.07) is 14.4. The van der Waals surface area contributed by atoms with Crippen molar-refractivity contribution < 1.29 is 4.79 Å². The summed E-state index contributed by atoms with van der Waals surface area (Å²) in [4.78, 5) is 14.8. The second-order valence-corrected chi connectivity index (χ2v) is 7.79. The number of hydrogen-bond acceptors (Lipinski definition) is 5. The van der Waals surface area contributed by atoms with Crippen LogP contribution in [0.1, 0.15) is 23.6 Å². The van der Waals surface area contributed by atoms with Gasteiger partial charge in [0.2, 0.25) is 11.1 Å². The lowest BCUT2D eigenvalue weighted by molar-refractivity contribution is -0.116. The molecule has 7 heteroatoms. The van der Waals surface area contributed by atoms with E-state index in [0.717, 1.165) is 28.9 Å². The molecule has 0 spiro atoms. The monoisotopic (exact) mass is 379 g/mol. The smallest absolute Gasteiger partial charge is 0.237 e. The van der Waals surface area contributed by atoms with Crippen molar-refractivity contribution in [2.24, 2.45) is 0 Å². The van der Waals surface area contributed by atoms with E-state index >= 15 is 0 Å². The van der Waals surface area contributed by atoms with Gasteiger partial charge in [-0.25, -0.2) is 0 Å². The van der Waals surface area contributed by atoms with Crippen molar-refractivity contribution in [1.82, 2.24) is 20.2 Å². The summed E-state index contributed by atoms with van der Waals surface area (Å²) in [5.74, 6) is 0.373. The van der Waals surface area contributed by atoms with Crippen molar-refractivity contribution in [3.05, 3.63) is 59.2 Å². The molecule has 3 aromatic rings. The van der Waals surface area contributed by atoms with Gasteiger partial charge in [0.05, 0.1) is 11.4 Å². The number of para-hydroxylation sites is 2. The number of rotatable bonds is 4. The van der Waals surface area contributed by atoms with Gasteiger partial charge < -0.3 is 4.90 Å². The first-order valence-corrected chi connectivity index (χ1v) is 9.92. The number of anilines is 1. The first kappa shape index (κ1) is 17.7. The predicted octanol–water partition coefficient (Wildman–Crippen LogP) is 3.35. The van der Waals surface area contributed by atoms with Crippen molar-refractivity contribution in [3.8, 4) is 5.69 Å². The minimum absolute atomic E-state index is 0.0773.